The first-order valence-corrected chi connectivity index (χ1v) is 8.13. The molecule has 112 valence electrons. The Kier molecular flexibility index (Phi) is 4.90. The summed E-state index contributed by atoms with van der Waals surface area (Å²) in [5.41, 5.74) is 3.30. The maximum atomic E-state index is 3.56. The summed E-state index contributed by atoms with van der Waals surface area (Å²) in [6.45, 7) is 9.37. The molecule has 1 aliphatic rings. The van der Waals surface area contributed by atoms with E-state index in [1.165, 1.54) is 36.8 Å². The van der Waals surface area contributed by atoms with Crippen LogP contribution in [0.5, 0.6) is 0 Å². The van der Waals surface area contributed by atoms with E-state index in [0.717, 1.165) is 11.8 Å². The Morgan fingerprint density at radius 1 is 1.10 bits per heavy atom. The molecule has 1 nitrogen and oxygen atoms in total. The molecular formula is C19H31N. The van der Waals surface area contributed by atoms with Gasteiger partial charge in [-0.3, -0.25) is 0 Å². The van der Waals surface area contributed by atoms with E-state index in [1.54, 1.807) is 0 Å². The Bertz CT molecular complexity index is 412. The van der Waals surface area contributed by atoms with Gasteiger partial charge in [-0.05, 0) is 62.5 Å². The van der Waals surface area contributed by atoms with E-state index in [-0.39, 0.29) is 0 Å². The summed E-state index contributed by atoms with van der Waals surface area (Å²) in [6, 6.07) is 9.79. The van der Waals surface area contributed by atoms with Crippen LogP contribution >= 0.6 is 0 Å². The van der Waals surface area contributed by atoms with Crippen molar-refractivity contribution in [1.82, 2.24) is 5.32 Å². The molecule has 1 aliphatic carbocycles. The molecule has 0 amide bonds. The van der Waals surface area contributed by atoms with Gasteiger partial charge in [0.05, 0.1) is 0 Å². The second-order valence-electron chi connectivity index (χ2n) is 7.72. The Balaban J connectivity index is 2.07. The quantitative estimate of drug-likeness (QED) is 0.849. The predicted octanol–water partition coefficient (Wildman–Crippen LogP) is 4.59. The molecule has 0 bridgehead atoms. The van der Waals surface area contributed by atoms with Gasteiger partial charge in [-0.1, -0.05) is 50.6 Å². The van der Waals surface area contributed by atoms with Crippen molar-refractivity contribution in [2.24, 2.45) is 17.3 Å². The normalized spacial score (nSPS) is 27.6. The Morgan fingerprint density at radius 3 is 2.30 bits per heavy atom. The Labute approximate surface area is 125 Å². The number of hydrogen-bond acceptors (Lipinski definition) is 1. The zero-order valence-corrected chi connectivity index (χ0v) is 13.9. The molecule has 0 radical (unpaired) electrons. The van der Waals surface area contributed by atoms with Crippen LogP contribution in [-0.2, 0) is 6.42 Å². The predicted molar refractivity (Wildman–Crippen MR) is 88.0 cm³/mol. The SMILES string of the molecule is CNC1CCC(C(C)(C)C)CC1Cc1ccc(C)cc1. The van der Waals surface area contributed by atoms with Crippen LogP contribution in [0.2, 0.25) is 0 Å². The number of nitrogens with one attached hydrogen (secondary N) is 1. The van der Waals surface area contributed by atoms with Gasteiger partial charge in [-0.15, -0.1) is 0 Å². The molecule has 2 rings (SSSR count). The number of rotatable bonds is 3. The lowest BCUT2D eigenvalue weighted by molar-refractivity contribution is 0.117. The minimum Gasteiger partial charge on any atom is -0.317 e. The molecular weight excluding hydrogens is 242 g/mol. The fourth-order valence-corrected chi connectivity index (χ4v) is 3.68. The van der Waals surface area contributed by atoms with E-state index in [2.05, 4.69) is 64.3 Å². The topological polar surface area (TPSA) is 12.0 Å². The van der Waals surface area contributed by atoms with Gasteiger partial charge in [-0.2, -0.15) is 0 Å². The molecule has 0 aromatic heterocycles. The molecule has 1 fully saturated rings. The fourth-order valence-electron chi connectivity index (χ4n) is 3.68. The maximum Gasteiger partial charge on any atom is 0.00957 e. The highest BCUT2D eigenvalue weighted by Gasteiger charge is 2.35. The second kappa shape index (κ2) is 6.30. The van der Waals surface area contributed by atoms with Crippen LogP contribution < -0.4 is 5.32 Å². The van der Waals surface area contributed by atoms with Gasteiger partial charge in [0.2, 0.25) is 0 Å². The highest BCUT2D eigenvalue weighted by Crippen LogP contribution is 2.41. The molecule has 0 heterocycles. The van der Waals surface area contributed by atoms with Crippen LogP contribution in [0.15, 0.2) is 24.3 Å². The average Bonchev–Trinajstić information content (AvgIpc) is 2.40. The van der Waals surface area contributed by atoms with Crippen LogP contribution in [0, 0.1) is 24.2 Å². The third-order valence-corrected chi connectivity index (χ3v) is 5.20. The van der Waals surface area contributed by atoms with Gasteiger partial charge < -0.3 is 5.32 Å². The van der Waals surface area contributed by atoms with Crippen molar-refractivity contribution < 1.29 is 0 Å². The van der Waals surface area contributed by atoms with Crippen molar-refractivity contribution in [3.63, 3.8) is 0 Å². The third kappa shape index (κ3) is 3.85. The minimum atomic E-state index is 0.449. The first-order chi connectivity index (χ1) is 9.40. The fraction of sp³-hybridized carbons (Fsp3) is 0.684. The zero-order valence-electron chi connectivity index (χ0n) is 13.9. The van der Waals surface area contributed by atoms with Gasteiger partial charge in [0, 0.05) is 6.04 Å². The zero-order chi connectivity index (χ0) is 14.8. The van der Waals surface area contributed by atoms with Crippen molar-refractivity contribution in [2.75, 3.05) is 7.05 Å². The minimum absolute atomic E-state index is 0.449. The van der Waals surface area contributed by atoms with Crippen molar-refractivity contribution in [2.45, 2.75) is 59.4 Å². The highest BCUT2D eigenvalue weighted by molar-refractivity contribution is 5.22. The number of benzene rings is 1. The van der Waals surface area contributed by atoms with E-state index >= 15 is 0 Å². The lowest BCUT2D eigenvalue weighted by Crippen LogP contribution is -2.42. The average molecular weight is 273 g/mol. The summed E-state index contributed by atoms with van der Waals surface area (Å²) in [5.74, 6) is 1.64. The molecule has 3 unspecified atom stereocenters. The van der Waals surface area contributed by atoms with Crippen molar-refractivity contribution in [3.8, 4) is 0 Å². The first kappa shape index (κ1) is 15.6. The van der Waals surface area contributed by atoms with Crippen LogP contribution in [0.1, 0.15) is 51.2 Å². The van der Waals surface area contributed by atoms with E-state index in [4.69, 9.17) is 0 Å². The van der Waals surface area contributed by atoms with Gasteiger partial charge in [-0.25, -0.2) is 0 Å². The molecule has 0 spiro atoms. The number of aryl methyl sites for hydroxylation is 1. The largest absolute Gasteiger partial charge is 0.317 e. The van der Waals surface area contributed by atoms with Gasteiger partial charge in [0.25, 0.3) is 0 Å². The molecule has 3 atom stereocenters. The van der Waals surface area contributed by atoms with Crippen LogP contribution in [0.25, 0.3) is 0 Å². The third-order valence-electron chi connectivity index (χ3n) is 5.20. The van der Waals surface area contributed by atoms with Gasteiger partial charge in [0.1, 0.15) is 0 Å². The standard InChI is InChI=1S/C19H31N/c1-14-6-8-15(9-7-14)12-16-13-17(19(2,3)4)10-11-18(16)20-5/h6-9,16-18,20H,10-13H2,1-5H3. The Hall–Kier alpha value is -0.820. The molecule has 1 heteroatoms. The second-order valence-corrected chi connectivity index (χ2v) is 7.72. The van der Waals surface area contributed by atoms with E-state index in [9.17, 15) is 0 Å². The molecule has 1 aromatic rings. The van der Waals surface area contributed by atoms with Crippen LogP contribution in [0.4, 0.5) is 0 Å². The van der Waals surface area contributed by atoms with Crippen molar-refractivity contribution in [3.05, 3.63) is 35.4 Å². The molecule has 1 aromatic carbocycles. The van der Waals surface area contributed by atoms with Crippen LogP contribution in [-0.4, -0.2) is 13.1 Å². The molecule has 1 N–H and O–H groups in total. The molecule has 1 saturated carbocycles. The smallest absolute Gasteiger partial charge is 0.00957 e. The summed E-state index contributed by atoms with van der Waals surface area (Å²) in [7, 11) is 2.13. The van der Waals surface area contributed by atoms with E-state index in [1.807, 2.05) is 0 Å². The van der Waals surface area contributed by atoms with Crippen LogP contribution in [0.3, 0.4) is 0 Å². The van der Waals surface area contributed by atoms with E-state index < -0.39 is 0 Å². The van der Waals surface area contributed by atoms with Crippen molar-refractivity contribution in [1.29, 1.82) is 0 Å². The first-order valence-electron chi connectivity index (χ1n) is 8.13. The molecule has 0 aliphatic heterocycles. The lowest BCUT2D eigenvalue weighted by Gasteiger charge is -2.42. The Morgan fingerprint density at radius 2 is 1.75 bits per heavy atom. The van der Waals surface area contributed by atoms with Gasteiger partial charge in [0.15, 0.2) is 0 Å². The van der Waals surface area contributed by atoms with E-state index in [0.29, 0.717) is 11.5 Å². The van der Waals surface area contributed by atoms with Crippen molar-refractivity contribution >= 4 is 0 Å². The van der Waals surface area contributed by atoms with Gasteiger partial charge >= 0.3 is 0 Å². The monoisotopic (exact) mass is 273 g/mol. The highest BCUT2D eigenvalue weighted by atomic mass is 14.9. The summed E-state index contributed by atoms with van der Waals surface area (Å²) in [5, 5.41) is 3.56. The lowest BCUT2D eigenvalue weighted by atomic mass is 9.66. The number of hydrogen-bond donors (Lipinski definition) is 1. The maximum absolute atomic E-state index is 3.56. The molecule has 0 saturated heterocycles. The summed E-state index contributed by atoms with van der Waals surface area (Å²) in [4.78, 5) is 0. The molecule has 20 heavy (non-hydrogen) atoms. The summed E-state index contributed by atoms with van der Waals surface area (Å²) >= 11 is 0. The summed E-state index contributed by atoms with van der Waals surface area (Å²) in [6.07, 6.45) is 5.29. The summed E-state index contributed by atoms with van der Waals surface area (Å²) < 4.78 is 0.